The SMILES string of the molecule is CCn1c(C(C)(N)C2CC2)nc2ccccc21. The van der Waals surface area contributed by atoms with E-state index in [9.17, 15) is 0 Å². The zero-order valence-electron chi connectivity index (χ0n) is 10.5. The fraction of sp³-hybridized carbons (Fsp3) is 0.500. The molecule has 1 fully saturated rings. The maximum Gasteiger partial charge on any atom is 0.130 e. The summed E-state index contributed by atoms with van der Waals surface area (Å²) in [6, 6.07) is 8.28. The van der Waals surface area contributed by atoms with Crippen molar-refractivity contribution in [3.05, 3.63) is 30.1 Å². The highest BCUT2D eigenvalue weighted by Gasteiger charge is 2.42. The first-order valence-electron chi connectivity index (χ1n) is 6.39. The molecule has 1 atom stereocenters. The molecule has 2 aromatic rings. The van der Waals surface area contributed by atoms with Crippen molar-refractivity contribution >= 4 is 11.0 Å². The van der Waals surface area contributed by atoms with E-state index in [0.29, 0.717) is 5.92 Å². The summed E-state index contributed by atoms with van der Waals surface area (Å²) in [5, 5.41) is 0. The van der Waals surface area contributed by atoms with Gasteiger partial charge in [-0.1, -0.05) is 12.1 Å². The molecule has 1 aromatic heterocycles. The van der Waals surface area contributed by atoms with E-state index in [1.165, 1.54) is 18.4 Å². The second kappa shape index (κ2) is 3.57. The summed E-state index contributed by atoms with van der Waals surface area (Å²) in [6.45, 7) is 5.20. The molecule has 1 aliphatic carbocycles. The number of benzene rings is 1. The van der Waals surface area contributed by atoms with Crippen LogP contribution < -0.4 is 5.73 Å². The highest BCUT2D eigenvalue weighted by atomic mass is 15.1. The molecule has 0 bridgehead atoms. The van der Waals surface area contributed by atoms with Gasteiger partial charge in [-0.15, -0.1) is 0 Å². The summed E-state index contributed by atoms with van der Waals surface area (Å²) in [5.41, 5.74) is 8.47. The second-order valence-electron chi connectivity index (χ2n) is 5.23. The number of nitrogens with zero attached hydrogens (tertiary/aromatic N) is 2. The molecule has 2 N–H and O–H groups in total. The Bertz CT molecular complexity index is 550. The van der Waals surface area contributed by atoms with E-state index in [0.717, 1.165) is 17.9 Å². The maximum absolute atomic E-state index is 6.50. The number of imidazole rings is 1. The molecule has 0 amide bonds. The summed E-state index contributed by atoms with van der Waals surface area (Å²) >= 11 is 0. The Morgan fingerprint density at radius 3 is 2.76 bits per heavy atom. The van der Waals surface area contributed by atoms with E-state index >= 15 is 0 Å². The van der Waals surface area contributed by atoms with Crippen LogP contribution in [0.4, 0.5) is 0 Å². The highest BCUT2D eigenvalue weighted by molar-refractivity contribution is 5.76. The molecule has 1 aliphatic rings. The van der Waals surface area contributed by atoms with E-state index in [2.05, 4.69) is 36.6 Å². The van der Waals surface area contributed by atoms with Crippen LogP contribution in [0, 0.1) is 5.92 Å². The molecule has 0 saturated heterocycles. The average Bonchev–Trinajstić information content (AvgIpc) is 3.10. The number of rotatable bonds is 3. The van der Waals surface area contributed by atoms with Gasteiger partial charge in [-0.2, -0.15) is 0 Å². The number of para-hydroxylation sites is 2. The number of aryl methyl sites for hydroxylation is 1. The van der Waals surface area contributed by atoms with Gasteiger partial charge in [0, 0.05) is 6.54 Å². The molecule has 1 saturated carbocycles. The molecule has 90 valence electrons. The lowest BCUT2D eigenvalue weighted by Gasteiger charge is -2.24. The van der Waals surface area contributed by atoms with Crippen LogP contribution >= 0.6 is 0 Å². The molecule has 0 radical (unpaired) electrons. The van der Waals surface area contributed by atoms with Gasteiger partial charge < -0.3 is 10.3 Å². The van der Waals surface area contributed by atoms with Gasteiger partial charge in [0.25, 0.3) is 0 Å². The zero-order valence-corrected chi connectivity index (χ0v) is 10.5. The summed E-state index contributed by atoms with van der Waals surface area (Å²) in [4.78, 5) is 4.75. The third-order valence-corrected chi connectivity index (χ3v) is 3.88. The largest absolute Gasteiger partial charge is 0.327 e. The minimum Gasteiger partial charge on any atom is -0.327 e. The first kappa shape index (κ1) is 10.8. The number of fused-ring (bicyclic) bond motifs is 1. The molecule has 1 aromatic carbocycles. The lowest BCUT2D eigenvalue weighted by atomic mass is 9.96. The van der Waals surface area contributed by atoms with E-state index in [-0.39, 0.29) is 5.54 Å². The van der Waals surface area contributed by atoms with Gasteiger partial charge in [0.1, 0.15) is 5.82 Å². The van der Waals surface area contributed by atoms with Crippen LogP contribution in [0.3, 0.4) is 0 Å². The summed E-state index contributed by atoms with van der Waals surface area (Å²) in [6.07, 6.45) is 2.47. The lowest BCUT2D eigenvalue weighted by molar-refractivity contribution is 0.385. The summed E-state index contributed by atoms with van der Waals surface area (Å²) in [5.74, 6) is 1.65. The van der Waals surface area contributed by atoms with Crippen LogP contribution in [0.25, 0.3) is 11.0 Å². The van der Waals surface area contributed by atoms with Crippen LogP contribution in [0.5, 0.6) is 0 Å². The first-order chi connectivity index (χ1) is 8.14. The van der Waals surface area contributed by atoms with Crippen molar-refractivity contribution in [2.75, 3.05) is 0 Å². The number of aromatic nitrogens is 2. The minimum absolute atomic E-state index is 0.283. The fourth-order valence-electron chi connectivity index (χ4n) is 2.67. The third kappa shape index (κ3) is 1.57. The number of hydrogen-bond donors (Lipinski definition) is 1. The van der Waals surface area contributed by atoms with Crippen LogP contribution in [0.2, 0.25) is 0 Å². The van der Waals surface area contributed by atoms with Crippen LogP contribution in [-0.2, 0) is 12.1 Å². The van der Waals surface area contributed by atoms with Crippen molar-refractivity contribution in [1.82, 2.24) is 9.55 Å². The standard InChI is InChI=1S/C14H19N3/c1-3-17-12-7-5-4-6-11(12)16-13(17)14(2,15)10-8-9-10/h4-7,10H,3,8-9,15H2,1-2H3. The van der Waals surface area contributed by atoms with Crippen molar-refractivity contribution in [1.29, 1.82) is 0 Å². The quantitative estimate of drug-likeness (QED) is 0.879. The fourth-order valence-corrected chi connectivity index (χ4v) is 2.67. The van der Waals surface area contributed by atoms with E-state index in [1.807, 2.05) is 6.07 Å². The van der Waals surface area contributed by atoms with Gasteiger partial charge in [-0.25, -0.2) is 4.98 Å². The van der Waals surface area contributed by atoms with Crippen molar-refractivity contribution in [3.8, 4) is 0 Å². The molecule has 3 nitrogen and oxygen atoms in total. The van der Waals surface area contributed by atoms with Gasteiger partial charge in [0.2, 0.25) is 0 Å². The Morgan fingerprint density at radius 2 is 2.12 bits per heavy atom. The molecule has 3 heteroatoms. The van der Waals surface area contributed by atoms with E-state index in [1.54, 1.807) is 0 Å². The molecular formula is C14H19N3. The number of nitrogens with two attached hydrogens (primary N) is 1. The van der Waals surface area contributed by atoms with Crippen LogP contribution in [0.15, 0.2) is 24.3 Å². The molecule has 1 heterocycles. The highest BCUT2D eigenvalue weighted by Crippen LogP contribution is 2.43. The molecular weight excluding hydrogens is 210 g/mol. The Kier molecular flexibility index (Phi) is 2.26. The van der Waals surface area contributed by atoms with Gasteiger partial charge in [-0.3, -0.25) is 0 Å². The smallest absolute Gasteiger partial charge is 0.130 e. The monoisotopic (exact) mass is 229 g/mol. The Labute approximate surface area is 102 Å². The van der Waals surface area contributed by atoms with E-state index < -0.39 is 0 Å². The maximum atomic E-state index is 6.50. The molecule has 0 spiro atoms. The summed E-state index contributed by atoms with van der Waals surface area (Å²) in [7, 11) is 0. The van der Waals surface area contributed by atoms with Crippen molar-refractivity contribution in [2.45, 2.75) is 38.8 Å². The van der Waals surface area contributed by atoms with Gasteiger partial charge in [0.15, 0.2) is 0 Å². The van der Waals surface area contributed by atoms with Gasteiger partial charge in [-0.05, 0) is 44.7 Å². The first-order valence-corrected chi connectivity index (χ1v) is 6.39. The zero-order chi connectivity index (χ0) is 12.0. The Hall–Kier alpha value is -1.35. The molecule has 1 unspecified atom stereocenters. The van der Waals surface area contributed by atoms with Gasteiger partial charge >= 0.3 is 0 Å². The van der Waals surface area contributed by atoms with Crippen molar-refractivity contribution in [3.63, 3.8) is 0 Å². The van der Waals surface area contributed by atoms with Crippen molar-refractivity contribution in [2.24, 2.45) is 11.7 Å². The normalized spacial score (nSPS) is 19.5. The van der Waals surface area contributed by atoms with Crippen LogP contribution in [-0.4, -0.2) is 9.55 Å². The molecule has 3 rings (SSSR count). The minimum atomic E-state index is -0.283. The predicted molar refractivity (Wildman–Crippen MR) is 69.7 cm³/mol. The lowest BCUT2D eigenvalue weighted by Crippen LogP contribution is -2.38. The predicted octanol–water partition coefficient (Wildman–Crippen LogP) is 2.64. The summed E-state index contributed by atoms with van der Waals surface area (Å²) < 4.78 is 2.26. The second-order valence-corrected chi connectivity index (χ2v) is 5.23. The Morgan fingerprint density at radius 1 is 1.41 bits per heavy atom. The van der Waals surface area contributed by atoms with E-state index in [4.69, 9.17) is 10.7 Å². The van der Waals surface area contributed by atoms with Crippen LogP contribution in [0.1, 0.15) is 32.5 Å². The molecule has 17 heavy (non-hydrogen) atoms. The average molecular weight is 229 g/mol. The Balaban J connectivity index is 2.21. The third-order valence-electron chi connectivity index (χ3n) is 3.88. The molecule has 0 aliphatic heterocycles. The van der Waals surface area contributed by atoms with Gasteiger partial charge in [0.05, 0.1) is 16.6 Å². The topological polar surface area (TPSA) is 43.8 Å². The van der Waals surface area contributed by atoms with Crippen molar-refractivity contribution < 1.29 is 0 Å². The number of hydrogen-bond acceptors (Lipinski definition) is 2.